The topological polar surface area (TPSA) is 71.1 Å². The predicted octanol–water partition coefficient (Wildman–Crippen LogP) is 2.14. The van der Waals surface area contributed by atoms with Gasteiger partial charge in [0, 0.05) is 29.3 Å². The van der Waals surface area contributed by atoms with Crippen LogP contribution in [0.3, 0.4) is 0 Å². The van der Waals surface area contributed by atoms with Gasteiger partial charge in [-0.3, -0.25) is 14.6 Å². The summed E-state index contributed by atoms with van der Waals surface area (Å²) in [6.45, 7) is 0.360. The number of hydrogen-bond acceptors (Lipinski definition) is 3. The largest absolute Gasteiger partial charge is 0.347 e. The zero-order chi connectivity index (χ0) is 15.1. The fourth-order valence-corrected chi connectivity index (χ4v) is 2.06. The molecule has 0 saturated heterocycles. The number of amides is 2. The van der Waals surface area contributed by atoms with Gasteiger partial charge in [-0.2, -0.15) is 0 Å². The molecule has 0 atom stereocenters. The first-order chi connectivity index (χ1) is 10.2. The van der Waals surface area contributed by atoms with Crippen LogP contribution in [0.2, 0.25) is 0 Å². The second-order valence-electron chi connectivity index (χ2n) is 4.26. The Labute approximate surface area is 130 Å². The van der Waals surface area contributed by atoms with Gasteiger partial charge in [-0.25, -0.2) is 0 Å². The van der Waals surface area contributed by atoms with Gasteiger partial charge in [-0.1, -0.05) is 18.2 Å². The lowest BCUT2D eigenvalue weighted by atomic mass is 10.2. The van der Waals surface area contributed by atoms with Crippen LogP contribution in [0.25, 0.3) is 0 Å². The van der Waals surface area contributed by atoms with Crippen LogP contribution in [-0.2, 0) is 16.0 Å². The molecule has 0 aliphatic carbocycles. The van der Waals surface area contributed by atoms with Gasteiger partial charge in [-0.05, 0) is 40.2 Å². The first-order valence-electron chi connectivity index (χ1n) is 6.40. The van der Waals surface area contributed by atoms with E-state index in [1.165, 1.54) is 0 Å². The molecule has 0 saturated carbocycles. The molecule has 108 valence electrons. The van der Waals surface area contributed by atoms with E-state index < -0.39 is 11.8 Å². The minimum atomic E-state index is -0.692. The minimum Gasteiger partial charge on any atom is -0.347 e. The van der Waals surface area contributed by atoms with E-state index in [0.717, 1.165) is 10.2 Å². The molecular formula is C15H14BrN3O2. The fraction of sp³-hybridized carbons (Fsp3) is 0.133. The van der Waals surface area contributed by atoms with Crippen molar-refractivity contribution < 1.29 is 9.59 Å². The predicted molar refractivity (Wildman–Crippen MR) is 83.7 cm³/mol. The maximum atomic E-state index is 11.7. The lowest BCUT2D eigenvalue weighted by Crippen LogP contribution is -2.36. The molecule has 0 unspecified atom stereocenters. The van der Waals surface area contributed by atoms with Crippen LogP contribution in [0.1, 0.15) is 5.69 Å². The first-order valence-corrected chi connectivity index (χ1v) is 7.20. The zero-order valence-electron chi connectivity index (χ0n) is 11.2. The average Bonchev–Trinajstić information content (AvgIpc) is 2.50. The van der Waals surface area contributed by atoms with Crippen LogP contribution in [-0.4, -0.2) is 23.3 Å². The van der Waals surface area contributed by atoms with Crippen molar-refractivity contribution in [1.82, 2.24) is 10.3 Å². The smallest absolute Gasteiger partial charge is 0.313 e. The van der Waals surface area contributed by atoms with Crippen molar-refractivity contribution in [2.75, 3.05) is 11.9 Å². The number of nitrogens with one attached hydrogen (secondary N) is 2. The number of hydrogen-bond donors (Lipinski definition) is 2. The number of pyridine rings is 1. The van der Waals surface area contributed by atoms with Gasteiger partial charge in [0.2, 0.25) is 0 Å². The van der Waals surface area contributed by atoms with Crippen LogP contribution in [0.15, 0.2) is 53.1 Å². The standard InChI is InChI=1S/C15H14BrN3O2/c16-12-6-1-2-7-13(12)19-15(21)14(20)18-10-8-11-5-3-4-9-17-11/h1-7,9H,8,10H2,(H,18,20)(H,19,21). The average molecular weight is 348 g/mol. The van der Waals surface area contributed by atoms with Gasteiger partial charge in [-0.15, -0.1) is 0 Å². The van der Waals surface area contributed by atoms with Gasteiger partial charge in [0.15, 0.2) is 0 Å². The van der Waals surface area contributed by atoms with Crippen LogP contribution >= 0.6 is 15.9 Å². The molecule has 0 bridgehead atoms. The lowest BCUT2D eigenvalue weighted by molar-refractivity contribution is -0.136. The molecule has 0 aliphatic heterocycles. The van der Waals surface area contributed by atoms with Crippen molar-refractivity contribution >= 4 is 33.4 Å². The van der Waals surface area contributed by atoms with Crippen molar-refractivity contribution in [2.24, 2.45) is 0 Å². The Kier molecular flexibility index (Phi) is 5.45. The molecule has 2 rings (SSSR count). The van der Waals surface area contributed by atoms with Crippen LogP contribution in [0.4, 0.5) is 5.69 Å². The van der Waals surface area contributed by atoms with E-state index in [2.05, 4.69) is 31.5 Å². The summed E-state index contributed by atoms with van der Waals surface area (Å²) in [6.07, 6.45) is 2.27. The molecular weight excluding hydrogens is 334 g/mol. The molecule has 0 aliphatic rings. The highest BCUT2D eigenvalue weighted by Crippen LogP contribution is 2.20. The van der Waals surface area contributed by atoms with Gasteiger partial charge in [0.1, 0.15) is 0 Å². The van der Waals surface area contributed by atoms with E-state index in [1.807, 2.05) is 24.3 Å². The highest BCUT2D eigenvalue weighted by Gasteiger charge is 2.14. The molecule has 1 aromatic carbocycles. The van der Waals surface area contributed by atoms with Crippen molar-refractivity contribution in [3.8, 4) is 0 Å². The maximum absolute atomic E-state index is 11.7. The highest BCUT2D eigenvalue weighted by atomic mass is 79.9. The van der Waals surface area contributed by atoms with Crippen LogP contribution in [0, 0.1) is 0 Å². The van der Waals surface area contributed by atoms with Gasteiger partial charge in [0.05, 0.1) is 5.69 Å². The Morgan fingerprint density at radius 3 is 2.52 bits per heavy atom. The van der Waals surface area contributed by atoms with Crippen molar-refractivity contribution in [3.63, 3.8) is 0 Å². The number of benzene rings is 1. The molecule has 6 heteroatoms. The number of carbonyl (C=O) groups is 2. The van der Waals surface area contributed by atoms with Crippen LogP contribution in [0.5, 0.6) is 0 Å². The van der Waals surface area contributed by atoms with Crippen molar-refractivity contribution in [2.45, 2.75) is 6.42 Å². The molecule has 5 nitrogen and oxygen atoms in total. The lowest BCUT2D eigenvalue weighted by Gasteiger charge is -2.07. The Morgan fingerprint density at radius 1 is 1.05 bits per heavy atom. The Balaban J connectivity index is 1.81. The summed E-state index contributed by atoms with van der Waals surface area (Å²) in [4.78, 5) is 27.6. The zero-order valence-corrected chi connectivity index (χ0v) is 12.8. The maximum Gasteiger partial charge on any atom is 0.313 e. The number of carbonyl (C=O) groups excluding carboxylic acids is 2. The van der Waals surface area contributed by atoms with Gasteiger partial charge < -0.3 is 10.6 Å². The number of halogens is 1. The molecule has 0 radical (unpaired) electrons. The summed E-state index contributed by atoms with van der Waals surface area (Å²) in [6, 6.07) is 12.7. The van der Waals surface area contributed by atoms with E-state index in [9.17, 15) is 9.59 Å². The molecule has 0 spiro atoms. The van der Waals surface area contributed by atoms with Crippen molar-refractivity contribution in [1.29, 1.82) is 0 Å². The number of aromatic nitrogens is 1. The summed E-state index contributed by atoms with van der Waals surface area (Å²) in [5, 5.41) is 5.11. The van der Waals surface area contributed by atoms with E-state index in [-0.39, 0.29) is 0 Å². The number of anilines is 1. The SMILES string of the molecule is O=C(NCCc1ccccn1)C(=O)Nc1ccccc1Br. The van der Waals surface area contributed by atoms with Crippen molar-refractivity contribution in [3.05, 3.63) is 58.8 Å². The van der Waals surface area contributed by atoms with Gasteiger partial charge in [0.25, 0.3) is 0 Å². The summed E-state index contributed by atoms with van der Waals surface area (Å²) in [7, 11) is 0. The quantitative estimate of drug-likeness (QED) is 0.832. The summed E-state index contributed by atoms with van der Waals surface area (Å²) in [5.41, 5.74) is 1.42. The third-order valence-corrected chi connectivity index (χ3v) is 3.41. The Morgan fingerprint density at radius 2 is 1.81 bits per heavy atom. The Hall–Kier alpha value is -2.21. The summed E-state index contributed by atoms with van der Waals surface area (Å²) >= 11 is 3.30. The minimum absolute atomic E-state index is 0.360. The summed E-state index contributed by atoms with van der Waals surface area (Å²) < 4.78 is 0.722. The summed E-state index contributed by atoms with van der Waals surface area (Å²) in [5.74, 6) is -1.36. The Bertz CT molecular complexity index is 632. The van der Waals surface area contributed by atoms with E-state index in [1.54, 1.807) is 24.4 Å². The third kappa shape index (κ3) is 4.68. The monoisotopic (exact) mass is 347 g/mol. The normalized spacial score (nSPS) is 9.95. The second-order valence-corrected chi connectivity index (χ2v) is 5.12. The number of para-hydroxylation sites is 1. The molecule has 1 heterocycles. The highest BCUT2D eigenvalue weighted by molar-refractivity contribution is 9.10. The third-order valence-electron chi connectivity index (χ3n) is 2.72. The molecule has 1 aromatic heterocycles. The molecule has 2 aromatic rings. The van der Waals surface area contributed by atoms with Crippen LogP contribution < -0.4 is 10.6 Å². The molecule has 21 heavy (non-hydrogen) atoms. The second kappa shape index (κ2) is 7.54. The fourth-order valence-electron chi connectivity index (χ4n) is 1.67. The van der Waals surface area contributed by atoms with E-state index >= 15 is 0 Å². The number of rotatable bonds is 4. The van der Waals surface area contributed by atoms with E-state index in [0.29, 0.717) is 18.7 Å². The van der Waals surface area contributed by atoms with Gasteiger partial charge >= 0.3 is 11.8 Å². The molecule has 2 N–H and O–H groups in total. The number of nitrogens with zero attached hydrogens (tertiary/aromatic N) is 1. The molecule has 0 fully saturated rings. The first kappa shape index (κ1) is 15.2. The van der Waals surface area contributed by atoms with E-state index in [4.69, 9.17) is 0 Å². The molecule has 2 amide bonds.